The second-order valence-electron chi connectivity index (χ2n) is 4.67. The van der Waals surface area contributed by atoms with Crippen molar-refractivity contribution in [2.45, 2.75) is 19.8 Å². The maximum atomic E-state index is 3.89. The number of aryl methyl sites for hydroxylation is 1. The van der Waals surface area contributed by atoms with Gasteiger partial charge in [0.05, 0.1) is 0 Å². The number of fused-ring (bicyclic) bond motifs is 1. The zero-order chi connectivity index (χ0) is 12.5. The summed E-state index contributed by atoms with van der Waals surface area (Å²) in [5.74, 6) is 0. The highest BCUT2D eigenvalue weighted by Crippen LogP contribution is 2.34. The molecule has 0 aliphatic heterocycles. The van der Waals surface area contributed by atoms with Gasteiger partial charge in [-0.25, -0.2) is 0 Å². The van der Waals surface area contributed by atoms with Crippen LogP contribution < -0.4 is 0 Å². The summed E-state index contributed by atoms with van der Waals surface area (Å²) in [7, 11) is 0. The van der Waals surface area contributed by atoms with Crippen molar-refractivity contribution in [3.05, 3.63) is 59.0 Å². The first kappa shape index (κ1) is 11.5. The Bertz CT molecular complexity index is 668. The SMILES string of the molecule is C=Cc1sc2ccc(C3=CC=CCC3)cc2c1C. The molecule has 0 spiro atoms. The fraction of sp³-hybridized carbons (Fsp3) is 0.176. The van der Waals surface area contributed by atoms with Crippen molar-refractivity contribution in [2.75, 3.05) is 0 Å². The molecule has 3 rings (SSSR count). The molecule has 0 nitrogen and oxygen atoms in total. The number of allylic oxidation sites excluding steroid dienone is 4. The molecule has 0 saturated heterocycles. The van der Waals surface area contributed by atoms with E-state index in [0.29, 0.717) is 0 Å². The van der Waals surface area contributed by atoms with E-state index in [2.05, 4.69) is 49.9 Å². The lowest BCUT2D eigenvalue weighted by Gasteiger charge is -2.09. The predicted molar refractivity (Wildman–Crippen MR) is 83.0 cm³/mol. The Morgan fingerprint density at radius 3 is 2.94 bits per heavy atom. The molecule has 2 aromatic rings. The molecule has 0 radical (unpaired) electrons. The first-order chi connectivity index (χ1) is 8.79. The van der Waals surface area contributed by atoms with Crippen LogP contribution in [0.15, 0.2) is 43.0 Å². The van der Waals surface area contributed by atoms with E-state index in [1.54, 1.807) is 0 Å². The fourth-order valence-corrected chi connectivity index (χ4v) is 3.52. The van der Waals surface area contributed by atoms with Crippen LogP contribution in [0.25, 0.3) is 21.7 Å². The van der Waals surface area contributed by atoms with Crippen molar-refractivity contribution in [3.8, 4) is 0 Å². The molecule has 18 heavy (non-hydrogen) atoms. The van der Waals surface area contributed by atoms with Crippen LogP contribution in [0.1, 0.15) is 28.8 Å². The van der Waals surface area contributed by atoms with Gasteiger partial charge in [0.1, 0.15) is 0 Å². The zero-order valence-corrected chi connectivity index (χ0v) is 11.4. The summed E-state index contributed by atoms with van der Waals surface area (Å²) in [5.41, 5.74) is 4.17. The maximum absolute atomic E-state index is 3.89. The minimum atomic E-state index is 1.15. The standard InChI is InChI=1S/C17H16S/c1-3-16-12(2)15-11-14(9-10-17(15)18-16)13-7-5-4-6-8-13/h3-5,7,9-11H,1,6,8H2,2H3. The van der Waals surface area contributed by atoms with Crippen LogP contribution in [0.4, 0.5) is 0 Å². The van der Waals surface area contributed by atoms with Crippen molar-refractivity contribution in [2.24, 2.45) is 0 Å². The summed E-state index contributed by atoms with van der Waals surface area (Å²) in [5, 5.41) is 1.38. The average molecular weight is 252 g/mol. The molecule has 1 aliphatic carbocycles. The van der Waals surface area contributed by atoms with E-state index in [9.17, 15) is 0 Å². The number of benzene rings is 1. The summed E-state index contributed by atoms with van der Waals surface area (Å²) >= 11 is 1.83. The fourth-order valence-electron chi connectivity index (χ4n) is 2.48. The molecular formula is C17H16S. The number of hydrogen-bond acceptors (Lipinski definition) is 1. The van der Waals surface area contributed by atoms with Crippen LogP contribution in [0, 0.1) is 6.92 Å². The average Bonchev–Trinajstić information content (AvgIpc) is 2.76. The molecule has 1 aromatic carbocycles. The van der Waals surface area contributed by atoms with Gasteiger partial charge in [0.15, 0.2) is 0 Å². The molecule has 0 bridgehead atoms. The Kier molecular flexibility index (Phi) is 2.92. The maximum Gasteiger partial charge on any atom is 0.0352 e. The van der Waals surface area contributed by atoms with E-state index in [1.807, 2.05) is 17.4 Å². The molecule has 0 amide bonds. The molecule has 0 atom stereocenters. The van der Waals surface area contributed by atoms with Crippen LogP contribution >= 0.6 is 11.3 Å². The highest BCUT2D eigenvalue weighted by Gasteiger charge is 2.09. The van der Waals surface area contributed by atoms with Gasteiger partial charge in [-0.2, -0.15) is 0 Å². The second kappa shape index (κ2) is 4.58. The Morgan fingerprint density at radius 2 is 2.22 bits per heavy atom. The lowest BCUT2D eigenvalue weighted by Crippen LogP contribution is -1.87. The first-order valence-corrected chi connectivity index (χ1v) is 7.13. The molecular weight excluding hydrogens is 236 g/mol. The topological polar surface area (TPSA) is 0 Å². The molecule has 0 unspecified atom stereocenters. The monoisotopic (exact) mass is 252 g/mol. The smallest absolute Gasteiger partial charge is 0.0352 e. The van der Waals surface area contributed by atoms with Gasteiger partial charge in [-0.1, -0.05) is 36.9 Å². The van der Waals surface area contributed by atoms with Crippen LogP contribution in [0.5, 0.6) is 0 Å². The minimum Gasteiger partial charge on any atom is -0.136 e. The summed E-state index contributed by atoms with van der Waals surface area (Å²) < 4.78 is 1.36. The molecule has 1 heteroatoms. The van der Waals surface area contributed by atoms with Gasteiger partial charge < -0.3 is 0 Å². The lowest BCUT2D eigenvalue weighted by atomic mass is 9.96. The van der Waals surface area contributed by atoms with Crippen LogP contribution in [0.3, 0.4) is 0 Å². The minimum absolute atomic E-state index is 1.15. The normalized spacial score (nSPS) is 14.8. The number of rotatable bonds is 2. The summed E-state index contributed by atoms with van der Waals surface area (Å²) in [4.78, 5) is 1.29. The van der Waals surface area contributed by atoms with Gasteiger partial charge in [0.25, 0.3) is 0 Å². The third kappa shape index (κ3) is 1.85. The molecule has 0 saturated carbocycles. The lowest BCUT2D eigenvalue weighted by molar-refractivity contribution is 1.05. The van der Waals surface area contributed by atoms with E-state index in [0.717, 1.165) is 12.8 Å². The molecule has 1 aromatic heterocycles. The predicted octanol–water partition coefficient (Wildman–Crippen LogP) is 5.59. The summed E-state index contributed by atoms with van der Waals surface area (Å²) in [6.45, 7) is 6.08. The molecule has 1 heterocycles. The van der Waals surface area contributed by atoms with E-state index in [1.165, 1.54) is 31.7 Å². The molecule has 0 N–H and O–H groups in total. The Morgan fingerprint density at radius 1 is 1.33 bits per heavy atom. The summed E-state index contributed by atoms with van der Waals surface area (Å²) in [6.07, 6.45) is 10.9. The highest BCUT2D eigenvalue weighted by molar-refractivity contribution is 7.20. The number of thiophene rings is 1. The highest BCUT2D eigenvalue weighted by atomic mass is 32.1. The van der Waals surface area contributed by atoms with Crippen molar-refractivity contribution in [3.63, 3.8) is 0 Å². The van der Waals surface area contributed by atoms with Crippen molar-refractivity contribution in [1.82, 2.24) is 0 Å². The van der Waals surface area contributed by atoms with Crippen LogP contribution in [-0.2, 0) is 0 Å². The van der Waals surface area contributed by atoms with Crippen molar-refractivity contribution >= 4 is 33.1 Å². The Balaban J connectivity index is 2.15. The molecule has 0 fully saturated rings. The van der Waals surface area contributed by atoms with Gasteiger partial charge in [-0.05, 0) is 54.0 Å². The molecule has 90 valence electrons. The van der Waals surface area contributed by atoms with Crippen LogP contribution in [-0.4, -0.2) is 0 Å². The van der Waals surface area contributed by atoms with E-state index in [-0.39, 0.29) is 0 Å². The van der Waals surface area contributed by atoms with Gasteiger partial charge in [-0.15, -0.1) is 11.3 Å². The Labute approximate surface area is 112 Å². The van der Waals surface area contributed by atoms with Crippen LogP contribution in [0.2, 0.25) is 0 Å². The Hall–Kier alpha value is -1.60. The third-order valence-electron chi connectivity index (χ3n) is 3.54. The van der Waals surface area contributed by atoms with E-state index in [4.69, 9.17) is 0 Å². The van der Waals surface area contributed by atoms with Gasteiger partial charge >= 0.3 is 0 Å². The van der Waals surface area contributed by atoms with Gasteiger partial charge in [0.2, 0.25) is 0 Å². The largest absolute Gasteiger partial charge is 0.136 e. The van der Waals surface area contributed by atoms with Gasteiger partial charge in [0, 0.05) is 9.58 Å². The van der Waals surface area contributed by atoms with E-state index >= 15 is 0 Å². The quantitative estimate of drug-likeness (QED) is 0.654. The van der Waals surface area contributed by atoms with Gasteiger partial charge in [-0.3, -0.25) is 0 Å². The van der Waals surface area contributed by atoms with E-state index < -0.39 is 0 Å². The second-order valence-corrected chi connectivity index (χ2v) is 5.75. The number of hydrogen-bond donors (Lipinski definition) is 0. The zero-order valence-electron chi connectivity index (χ0n) is 10.6. The van der Waals surface area contributed by atoms with Crippen molar-refractivity contribution in [1.29, 1.82) is 0 Å². The van der Waals surface area contributed by atoms with Crippen molar-refractivity contribution < 1.29 is 0 Å². The molecule has 1 aliphatic rings. The first-order valence-electron chi connectivity index (χ1n) is 6.31. The summed E-state index contributed by atoms with van der Waals surface area (Å²) in [6, 6.07) is 6.82. The third-order valence-corrected chi connectivity index (χ3v) is 4.81.